The number of carbonyl (C=O) groups excluding carboxylic acids is 1. The molecular formula is C21H22ClN3O. The maximum Gasteiger partial charge on any atom is 0.251 e. The van der Waals surface area contributed by atoms with Crippen molar-refractivity contribution in [1.82, 2.24) is 14.8 Å². The van der Waals surface area contributed by atoms with Gasteiger partial charge in [-0.05, 0) is 62.1 Å². The molecule has 4 nitrogen and oxygen atoms in total. The summed E-state index contributed by atoms with van der Waals surface area (Å²) in [6.45, 7) is 0.481. The van der Waals surface area contributed by atoms with Gasteiger partial charge in [0.05, 0.1) is 6.04 Å². The molecule has 1 N–H and O–H groups in total. The van der Waals surface area contributed by atoms with Gasteiger partial charge in [0.15, 0.2) is 0 Å². The van der Waals surface area contributed by atoms with Crippen LogP contribution in [0, 0.1) is 0 Å². The van der Waals surface area contributed by atoms with Crippen molar-refractivity contribution in [3.63, 3.8) is 0 Å². The van der Waals surface area contributed by atoms with Gasteiger partial charge in [-0.15, -0.1) is 0 Å². The fourth-order valence-corrected chi connectivity index (χ4v) is 3.16. The smallest absolute Gasteiger partial charge is 0.251 e. The van der Waals surface area contributed by atoms with E-state index < -0.39 is 0 Å². The predicted molar refractivity (Wildman–Crippen MR) is 106 cm³/mol. The van der Waals surface area contributed by atoms with Gasteiger partial charge in [-0.1, -0.05) is 29.8 Å². The Morgan fingerprint density at radius 1 is 1.04 bits per heavy atom. The first-order valence-corrected chi connectivity index (χ1v) is 8.86. The average molecular weight is 368 g/mol. The highest BCUT2D eigenvalue weighted by Gasteiger charge is 2.18. The van der Waals surface area contributed by atoms with Gasteiger partial charge >= 0.3 is 0 Å². The molecule has 0 unspecified atom stereocenters. The highest BCUT2D eigenvalue weighted by molar-refractivity contribution is 6.31. The number of nitrogens with one attached hydrogen (secondary N) is 1. The Morgan fingerprint density at radius 3 is 2.31 bits per heavy atom. The quantitative estimate of drug-likeness (QED) is 0.710. The van der Waals surface area contributed by atoms with Gasteiger partial charge in [0.25, 0.3) is 5.91 Å². The molecule has 2 aromatic carbocycles. The molecule has 1 aromatic heterocycles. The monoisotopic (exact) mass is 367 g/mol. The second-order valence-corrected chi connectivity index (χ2v) is 6.76. The summed E-state index contributed by atoms with van der Waals surface area (Å²) in [5, 5.41) is 3.72. The van der Waals surface area contributed by atoms with Crippen molar-refractivity contribution in [3.05, 3.63) is 89.2 Å². The number of benzene rings is 2. The summed E-state index contributed by atoms with van der Waals surface area (Å²) in [6.07, 6.45) is 3.95. The van der Waals surface area contributed by atoms with Crippen LogP contribution in [0.4, 0.5) is 0 Å². The Balaban J connectivity index is 1.68. The molecule has 1 amide bonds. The molecule has 0 fully saturated rings. The van der Waals surface area contributed by atoms with E-state index in [9.17, 15) is 4.79 Å². The number of hydrogen-bond donors (Lipinski definition) is 1. The van der Waals surface area contributed by atoms with E-state index in [1.807, 2.05) is 91.7 Å². The second kappa shape index (κ2) is 8.21. The van der Waals surface area contributed by atoms with Crippen LogP contribution in [0.15, 0.2) is 73.1 Å². The van der Waals surface area contributed by atoms with Crippen LogP contribution < -0.4 is 5.32 Å². The van der Waals surface area contributed by atoms with E-state index in [0.717, 1.165) is 11.3 Å². The fourth-order valence-electron chi connectivity index (χ4n) is 2.90. The summed E-state index contributed by atoms with van der Waals surface area (Å²) in [7, 11) is 3.96. The molecule has 0 spiro atoms. The summed E-state index contributed by atoms with van der Waals surface area (Å²) >= 11 is 6.32. The van der Waals surface area contributed by atoms with E-state index in [1.165, 1.54) is 0 Å². The molecule has 0 aliphatic rings. The second-order valence-electron chi connectivity index (χ2n) is 6.35. The summed E-state index contributed by atoms with van der Waals surface area (Å²) in [6, 6.07) is 19.2. The molecule has 0 bridgehead atoms. The summed E-state index contributed by atoms with van der Waals surface area (Å²) < 4.78 is 2.00. The van der Waals surface area contributed by atoms with Gasteiger partial charge in [0.1, 0.15) is 0 Å². The van der Waals surface area contributed by atoms with E-state index in [-0.39, 0.29) is 11.9 Å². The zero-order valence-corrected chi connectivity index (χ0v) is 15.6. The topological polar surface area (TPSA) is 37.3 Å². The maximum absolute atomic E-state index is 12.5. The number of amides is 1. The third-order valence-corrected chi connectivity index (χ3v) is 4.72. The third kappa shape index (κ3) is 4.15. The minimum Gasteiger partial charge on any atom is -0.350 e. The third-order valence-electron chi connectivity index (χ3n) is 4.38. The SMILES string of the molecule is CN(C)[C@H](CNC(=O)c1ccc(-n2cccc2)cc1)c1ccccc1Cl. The summed E-state index contributed by atoms with van der Waals surface area (Å²) in [5.74, 6) is -0.0945. The van der Waals surface area contributed by atoms with E-state index in [2.05, 4.69) is 10.2 Å². The number of hydrogen-bond acceptors (Lipinski definition) is 2. The molecule has 3 aromatic rings. The fraction of sp³-hybridized carbons (Fsp3) is 0.190. The number of halogens is 1. The number of aromatic nitrogens is 1. The van der Waals surface area contributed by atoms with Gasteiger partial charge in [-0.2, -0.15) is 0 Å². The van der Waals surface area contributed by atoms with Crippen LogP contribution in [0.3, 0.4) is 0 Å². The van der Waals surface area contributed by atoms with E-state index in [1.54, 1.807) is 0 Å². The van der Waals surface area contributed by atoms with Crippen LogP contribution in [-0.4, -0.2) is 36.0 Å². The standard InChI is InChI=1S/C21H22ClN3O/c1-24(2)20(18-7-3-4-8-19(18)22)15-23-21(26)16-9-11-17(12-10-16)25-13-5-6-14-25/h3-14,20H,15H2,1-2H3,(H,23,26)/t20-/m1/s1. The molecule has 1 atom stereocenters. The van der Waals surface area contributed by atoms with Gasteiger partial charge < -0.3 is 14.8 Å². The minimum absolute atomic E-state index is 0.00629. The van der Waals surface area contributed by atoms with Crippen LogP contribution in [-0.2, 0) is 0 Å². The number of likely N-dealkylation sites (N-methyl/N-ethyl adjacent to an activating group) is 1. The molecule has 3 rings (SSSR count). The van der Waals surface area contributed by atoms with Crippen LogP contribution in [0.1, 0.15) is 22.0 Å². The lowest BCUT2D eigenvalue weighted by atomic mass is 10.1. The molecule has 0 saturated carbocycles. The first-order chi connectivity index (χ1) is 12.6. The minimum atomic E-state index is -0.0945. The van der Waals surface area contributed by atoms with Crippen LogP contribution in [0.25, 0.3) is 5.69 Å². The van der Waals surface area contributed by atoms with Crippen LogP contribution >= 0.6 is 11.6 Å². The molecule has 0 aliphatic heterocycles. The molecule has 1 heterocycles. The Bertz CT molecular complexity index is 857. The Hall–Kier alpha value is -2.56. The van der Waals surface area contributed by atoms with Crippen LogP contribution in [0.2, 0.25) is 5.02 Å². The van der Waals surface area contributed by atoms with Crippen molar-refractivity contribution in [1.29, 1.82) is 0 Å². The molecular weight excluding hydrogens is 346 g/mol. The lowest BCUT2D eigenvalue weighted by Crippen LogP contribution is -2.34. The molecule has 5 heteroatoms. The number of rotatable bonds is 6. The summed E-state index contributed by atoms with van der Waals surface area (Å²) in [4.78, 5) is 14.6. The zero-order chi connectivity index (χ0) is 18.5. The van der Waals surface area contributed by atoms with Gasteiger partial charge in [-0.25, -0.2) is 0 Å². The first-order valence-electron chi connectivity index (χ1n) is 8.48. The molecule has 26 heavy (non-hydrogen) atoms. The first kappa shape index (κ1) is 18.2. The Kier molecular flexibility index (Phi) is 5.76. The average Bonchev–Trinajstić information content (AvgIpc) is 3.18. The number of carbonyl (C=O) groups is 1. The lowest BCUT2D eigenvalue weighted by molar-refractivity contribution is 0.0942. The van der Waals surface area contributed by atoms with Crippen molar-refractivity contribution >= 4 is 17.5 Å². The molecule has 0 aliphatic carbocycles. The van der Waals surface area contributed by atoms with E-state index in [0.29, 0.717) is 17.1 Å². The highest BCUT2D eigenvalue weighted by Crippen LogP contribution is 2.25. The van der Waals surface area contributed by atoms with Crippen molar-refractivity contribution in [2.24, 2.45) is 0 Å². The van der Waals surface area contributed by atoms with Gasteiger partial charge in [0, 0.05) is 35.2 Å². The largest absolute Gasteiger partial charge is 0.350 e. The van der Waals surface area contributed by atoms with E-state index >= 15 is 0 Å². The van der Waals surface area contributed by atoms with Crippen LogP contribution in [0.5, 0.6) is 0 Å². The van der Waals surface area contributed by atoms with Gasteiger partial charge in [0.2, 0.25) is 0 Å². The maximum atomic E-state index is 12.5. The highest BCUT2D eigenvalue weighted by atomic mass is 35.5. The van der Waals surface area contributed by atoms with Gasteiger partial charge in [-0.3, -0.25) is 4.79 Å². The predicted octanol–water partition coefficient (Wildman–Crippen LogP) is 4.16. The zero-order valence-electron chi connectivity index (χ0n) is 14.9. The normalized spacial score (nSPS) is 12.2. The van der Waals surface area contributed by atoms with Crippen molar-refractivity contribution in [2.45, 2.75) is 6.04 Å². The van der Waals surface area contributed by atoms with Crippen molar-refractivity contribution in [3.8, 4) is 5.69 Å². The molecule has 0 radical (unpaired) electrons. The number of nitrogens with zero attached hydrogens (tertiary/aromatic N) is 2. The van der Waals surface area contributed by atoms with E-state index in [4.69, 9.17) is 11.6 Å². The summed E-state index contributed by atoms with van der Waals surface area (Å²) in [5.41, 5.74) is 2.66. The van der Waals surface area contributed by atoms with Crippen molar-refractivity contribution < 1.29 is 4.79 Å². The lowest BCUT2D eigenvalue weighted by Gasteiger charge is -2.26. The molecule has 0 saturated heterocycles. The Morgan fingerprint density at radius 2 is 1.69 bits per heavy atom. The van der Waals surface area contributed by atoms with Crippen molar-refractivity contribution in [2.75, 3.05) is 20.6 Å². The Labute approximate surface area is 159 Å². The molecule has 134 valence electrons.